The Labute approximate surface area is 192 Å². The zero-order chi connectivity index (χ0) is 23.6. The van der Waals surface area contributed by atoms with Crippen LogP contribution in [0.15, 0.2) is 48.9 Å². The van der Waals surface area contributed by atoms with Gasteiger partial charge >= 0.3 is 0 Å². The molecule has 1 aliphatic rings. The molecule has 11 heteroatoms. The van der Waals surface area contributed by atoms with Crippen LogP contribution in [0.2, 0.25) is 0 Å². The number of anilines is 2. The molecule has 3 heterocycles. The number of benzene rings is 1. The van der Waals surface area contributed by atoms with E-state index >= 15 is 0 Å². The van der Waals surface area contributed by atoms with Crippen LogP contribution in [-0.4, -0.2) is 60.6 Å². The van der Waals surface area contributed by atoms with Crippen LogP contribution >= 0.6 is 0 Å². The first kappa shape index (κ1) is 22.7. The molecule has 2 atom stereocenters. The lowest BCUT2D eigenvalue weighted by Crippen LogP contribution is -2.41. The zero-order valence-electron chi connectivity index (χ0n) is 18.5. The summed E-state index contributed by atoms with van der Waals surface area (Å²) in [5.41, 5.74) is 1.85. The molecular weight excluding hydrogens is 446 g/mol. The smallest absolute Gasteiger partial charge is 0.207 e. The SMILES string of the molecule is CCOc1cc([C@H](CS(C)(=O)=O)N2c3ncc(-c4ncccn4)cc3NC2O)ccc1OC. The van der Waals surface area contributed by atoms with Crippen molar-refractivity contribution in [2.75, 3.05) is 35.9 Å². The van der Waals surface area contributed by atoms with Crippen LogP contribution in [0.4, 0.5) is 11.5 Å². The van der Waals surface area contributed by atoms with Crippen LogP contribution in [0.3, 0.4) is 0 Å². The fourth-order valence-electron chi connectivity index (χ4n) is 3.78. The van der Waals surface area contributed by atoms with Crippen LogP contribution in [0.1, 0.15) is 18.5 Å². The molecule has 0 amide bonds. The molecule has 33 heavy (non-hydrogen) atoms. The number of nitrogens with zero attached hydrogens (tertiary/aromatic N) is 4. The molecule has 4 rings (SSSR count). The lowest BCUT2D eigenvalue weighted by atomic mass is 10.1. The molecule has 0 saturated heterocycles. The van der Waals surface area contributed by atoms with Gasteiger partial charge in [-0.25, -0.2) is 23.4 Å². The molecule has 0 aliphatic carbocycles. The average molecular weight is 472 g/mol. The maximum Gasteiger partial charge on any atom is 0.207 e. The number of hydrogen-bond acceptors (Lipinski definition) is 10. The number of aliphatic hydroxyl groups is 1. The molecule has 174 valence electrons. The first-order chi connectivity index (χ1) is 15.8. The maximum atomic E-state index is 12.3. The Kier molecular flexibility index (Phi) is 6.34. The molecule has 1 aromatic carbocycles. The quantitative estimate of drug-likeness (QED) is 0.505. The van der Waals surface area contributed by atoms with E-state index in [1.807, 2.05) is 6.92 Å². The fourth-order valence-corrected chi connectivity index (χ4v) is 4.70. The molecule has 0 saturated carbocycles. The minimum atomic E-state index is -3.43. The Bertz CT molecular complexity index is 1240. The van der Waals surface area contributed by atoms with Gasteiger partial charge in [0.2, 0.25) is 6.35 Å². The monoisotopic (exact) mass is 471 g/mol. The van der Waals surface area contributed by atoms with E-state index in [0.717, 1.165) is 6.26 Å². The van der Waals surface area contributed by atoms with Crippen LogP contribution in [-0.2, 0) is 9.84 Å². The van der Waals surface area contributed by atoms with Crippen molar-refractivity contribution in [1.82, 2.24) is 15.0 Å². The second-order valence-electron chi connectivity index (χ2n) is 7.54. The number of aliphatic hydroxyl groups excluding tert-OH is 1. The summed E-state index contributed by atoms with van der Waals surface area (Å²) in [7, 11) is -1.89. The molecule has 2 aromatic heterocycles. The van der Waals surface area contributed by atoms with E-state index in [4.69, 9.17) is 9.47 Å². The van der Waals surface area contributed by atoms with Crippen LogP contribution in [0.25, 0.3) is 11.4 Å². The number of hydrogen-bond donors (Lipinski definition) is 2. The summed E-state index contributed by atoms with van der Waals surface area (Å²) in [5.74, 6) is 1.69. The van der Waals surface area contributed by atoms with Gasteiger partial charge in [-0.2, -0.15) is 0 Å². The molecular formula is C22H25N5O5S. The largest absolute Gasteiger partial charge is 0.493 e. The summed E-state index contributed by atoms with van der Waals surface area (Å²) >= 11 is 0. The van der Waals surface area contributed by atoms with Gasteiger partial charge in [0.25, 0.3) is 0 Å². The number of rotatable bonds is 8. The standard InChI is InChI=1S/C22H25N5O5S/c1-4-32-19-11-14(6-7-18(19)31-2)17(13-33(3,29)30)27-21-16(26-22(27)28)10-15(12-25-21)20-23-8-5-9-24-20/h5-12,17,22,26,28H,4,13H2,1-3H3/t17-,22?/m0/s1. The summed E-state index contributed by atoms with van der Waals surface area (Å²) in [6.07, 6.45) is 4.83. The van der Waals surface area contributed by atoms with Gasteiger partial charge in [-0.15, -0.1) is 0 Å². The lowest BCUT2D eigenvalue weighted by Gasteiger charge is -2.31. The van der Waals surface area contributed by atoms with Crippen LogP contribution in [0, 0.1) is 0 Å². The first-order valence-electron chi connectivity index (χ1n) is 10.3. The summed E-state index contributed by atoms with van der Waals surface area (Å²) in [5, 5.41) is 13.8. The molecule has 0 bridgehead atoms. The van der Waals surface area contributed by atoms with Crippen LogP contribution < -0.4 is 19.7 Å². The molecule has 3 aromatic rings. The average Bonchev–Trinajstić information content (AvgIpc) is 3.12. The Hall–Kier alpha value is -3.44. The molecule has 10 nitrogen and oxygen atoms in total. The molecule has 0 spiro atoms. The van der Waals surface area contributed by atoms with Crippen molar-refractivity contribution in [3.8, 4) is 22.9 Å². The third-order valence-corrected chi connectivity index (χ3v) is 6.07. The van der Waals surface area contributed by atoms with Crippen molar-refractivity contribution < 1.29 is 23.0 Å². The van der Waals surface area contributed by atoms with Gasteiger partial charge in [0.15, 0.2) is 23.1 Å². The Morgan fingerprint density at radius 3 is 2.61 bits per heavy atom. The Morgan fingerprint density at radius 2 is 1.94 bits per heavy atom. The highest BCUT2D eigenvalue weighted by atomic mass is 32.2. The van der Waals surface area contributed by atoms with Gasteiger partial charge in [-0.1, -0.05) is 6.07 Å². The molecule has 0 fully saturated rings. The number of pyridine rings is 1. The summed E-state index contributed by atoms with van der Waals surface area (Å²) in [6, 6.07) is 7.96. The third-order valence-electron chi connectivity index (χ3n) is 5.15. The van der Waals surface area contributed by atoms with Crippen molar-refractivity contribution >= 4 is 21.3 Å². The summed E-state index contributed by atoms with van der Waals surface area (Å²) in [6.45, 7) is 2.27. The first-order valence-corrected chi connectivity index (χ1v) is 12.4. The predicted molar refractivity (Wildman–Crippen MR) is 124 cm³/mol. The van der Waals surface area contributed by atoms with Crippen molar-refractivity contribution in [2.24, 2.45) is 0 Å². The van der Waals surface area contributed by atoms with Crippen molar-refractivity contribution in [3.63, 3.8) is 0 Å². The van der Waals surface area contributed by atoms with Gasteiger partial charge in [0, 0.05) is 30.4 Å². The fraction of sp³-hybridized carbons (Fsp3) is 0.318. The Morgan fingerprint density at radius 1 is 1.18 bits per heavy atom. The Balaban J connectivity index is 1.77. The number of fused-ring (bicyclic) bond motifs is 1. The van der Waals surface area contributed by atoms with E-state index in [-0.39, 0.29) is 5.75 Å². The topological polar surface area (TPSA) is 127 Å². The number of nitrogens with one attached hydrogen (secondary N) is 1. The summed E-state index contributed by atoms with van der Waals surface area (Å²) < 4.78 is 35.7. The lowest BCUT2D eigenvalue weighted by molar-refractivity contribution is 0.194. The normalized spacial score (nSPS) is 16.1. The van der Waals surface area contributed by atoms with Gasteiger partial charge in [-0.05, 0) is 36.8 Å². The van der Waals surface area contributed by atoms with Gasteiger partial charge < -0.3 is 24.8 Å². The number of aromatic nitrogens is 3. The maximum absolute atomic E-state index is 12.3. The van der Waals surface area contributed by atoms with Crippen molar-refractivity contribution in [1.29, 1.82) is 0 Å². The molecule has 0 radical (unpaired) electrons. The minimum absolute atomic E-state index is 0.242. The van der Waals surface area contributed by atoms with E-state index < -0.39 is 22.2 Å². The molecule has 1 aliphatic heterocycles. The molecule has 2 N–H and O–H groups in total. The van der Waals surface area contributed by atoms with Gasteiger partial charge in [0.1, 0.15) is 9.84 Å². The number of methoxy groups -OCH3 is 1. The third kappa shape index (κ3) is 4.83. The van der Waals surface area contributed by atoms with E-state index in [1.54, 1.807) is 53.8 Å². The van der Waals surface area contributed by atoms with E-state index in [2.05, 4.69) is 20.3 Å². The van der Waals surface area contributed by atoms with E-state index in [0.29, 0.717) is 46.6 Å². The van der Waals surface area contributed by atoms with Crippen molar-refractivity contribution in [3.05, 3.63) is 54.5 Å². The highest BCUT2D eigenvalue weighted by Crippen LogP contribution is 2.41. The van der Waals surface area contributed by atoms with Crippen molar-refractivity contribution in [2.45, 2.75) is 19.3 Å². The highest BCUT2D eigenvalue weighted by Gasteiger charge is 2.37. The zero-order valence-corrected chi connectivity index (χ0v) is 19.3. The molecule has 1 unspecified atom stereocenters. The van der Waals surface area contributed by atoms with Crippen LogP contribution in [0.5, 0.6) is 11.5 Å². The minimum Gasteiger partial charge on any atom is -0.493 e. The van der Waals surface area contributed by atoms with E-state index in [1.165, 1.54) is 7.11 Å². The number of ether oxygens (including phenoxy) is 2. The van der Waals surface area contributed by atoms with Gasteiger partial charge in [-0.3, -0.25) is 0 Å². The highest BCUT2D eigenvalue weighted by molar-refractivity contribution is 7.90. The second kappa shape index (κ2) is 9.20. The van der Waals surface area contributed by atoms with E-state index in [9.17, 15) is 13.5 Å². The predicted octanol–water partition coefficient (Wildman–Crippen LogP) is 2.24. The number of sulfone groups is 1. The second-order valence-corrected chi connectivity index (χ2v) is 9.73. The summed E-state index contributed by atoms with van der Waals surface area (Å²) in [4.78, 5) is 14.5. The van der Waals surface area contributed by atoms with Gasteiger partial charge in [0.05, 0.1) is 31.2 Å².